The predicted octanol–water partition coefficient (Wildman–Crippen LogP) is 3.03. The number of aromatic hydroxyl groups is 1. The van der Waals surface area contributed by atoms with Gasteiger partial charge in [-0.05, 0) is 36.8 Å². The molecule has 0 unspecified atom stereocenters. The van der Waals surface area contributed by atoms with E-state index in [4.69, 9.17) is 16.3 Å². The number of carbonyl (C=O) groups is 1. The third-order valence-corrected chi connectivity index (χ3v) is 3.58. The molecule has 2 N–H and O–H groups in total. The second-order valence-electron chi connectivity index (χ2n) is 5.00. The SMILES string of the molecule is COc1c(O)ccc(/C=N\NC(=O)c2ccc(C)cc2Cl)c1[N+](=O)[O-]. The van der Waals surface area contributed by atoms with Gasteiger partial charge in [0.25, 0.3) is 5.91 Å². The minimum absolute atomic E-state index is 0.0509. The molecule has 2 rings (SSSR count). The van der Waals surface area contributed by atoms with Crippen molar-refractivity contribution in [2.75, 3.05) is 7.11 Å². The number of amides is 1. The van der Waals surface area contributed by atoms with E-state index in [9.17, 15) is 20.0 Å². The topological polar surface area (TPSA) is 114 Å². The van der Waals surface area contributed by atoms with Crippen LogP contribution < -0.4 is 10.2 Å². The number of nitrogens with zero attached hydrogens (tertiary/aromatic N) is 2. The molecule has 0 saturated carbocycles. The highest BCUT2D eigenvalue weighted by atomic mass is 35.5. The average molecular weight is 364 g/mol. The molecule has 25 heavy (non-hydrogen) atoms. The maximum atomic E-state index is 12.1. The van der Waals surface area contributed by atoms with Gasteiger partial charge in [0.1, 0.15) is 0 Å². The summed E-state index contributed by atoms with van der Waals surface area (Å²) >= 11 is 6.00. The van der Waals surface area contributed by atoms with Crippen LogP contribution in [0.3, 0.4) is 0 Å². The second kappa shape index (κ2) is 7.63. The lowest BCUT2D eigenvalue weighted by atomic mass is 10.1. The lowest BCUT2D eigenvalue weighted by Gasteiger charge is -2.06. The summed E-state index contributed by atoms with van der Waals surface area (Å²) in [7, 11) is 1.20. The number of hydrogen-bond acceptors (Lipinski definition) is 6. The Morgan fingerprint density at radius 3 is 2.72 bits per heavy atom. The third-order valence-electron chi connectivity index (χ3n) is 3.27. The average Bonchev–Trinajstić information content (AvgIpc) is 2.55. The van der Waals surface area contributed by atoms with Gasteiger partial charge in [-0.15, -0.1) is 0 Å². The molecule has 0 aliphatic carbocycles. The molecule has 0 aliphatic heterocycles. The van der Waals surface area contributed by atoms with Gasteiger partial charge in [0.2, 0.25) is 5.75 Å². The highest BCUT2D eigenvalue weighted by molar-refractivity contribution is 6.33. The van der Waals surface area contributed by atoms with Gasteiger partial charge in [0, 0.05) is 0 Å². The molecule has 0 heterocycles. The molecule has 9 heteroatoms. The number of halogens is 1. The summed E-state index contributed by atoms with van der Waals surface area (Å²) in [6, 6.07) is 7.42. The van der Waals surface area contributed by atoms with E-state index in [1.807, 2.05) is 6.92 Å². The molecule has 2 aromatic rings. The smallest absolute Gasteiger partial charge is 0.323 e. The van der Waals surface area contributed by atoms with Crippen LogP contribution in [0.5, 0.6) is 11.5 Å². The van der Waals surface area contributed by atoms with Crippen LogP contribution in [0.4, 0.5) is 5.69 Å². The number of ether oxygens (including phenoxy) is 1. The van der Waals surface area contributed by atoms with Crippen molar-refractivity contribution in [3.63, 3.8) is 0 Å². The fraction of sp³-hybridized carbons (Fsp3) is 0.125. The number of nitro benzene ring substituents is 1. The zero-order chi connectivity index (χ0) is 18.6. The number of methoxy groups -OCH3 is 1. The van der Waals surface area contributed by atoms with Crippen LogP contribution in [-0.4, -0.2) is 29.3 Å². The molecule has 0 fully saturated rings. The summed E-state index contributed by atoms with van der Waals surface area (Å²) in [4.78, 5) is 22.5. The Balaban J connectivity index is 2.25. The molecule has 130 valence electrons. The van der Waals surface area contributed by atoms with E-state index < -0.39 is 16.5 Å². The largest absolute Gasteiger partial charge is 0.504 e. The monoisotopic (exact) mass is 363 g/mol. The number of hydrogen-bond donors (Lipinski definition) is 2. The zero-order valence-corrected chi connectivity index (χ0v) is 14.1. The lowest BCUT2D eigenvalue weighted by molar-refractivity contribution is -0.386. The van der Waals surface area contributed by atoms with Crippen LogP contribution in [0.25, 0.3) is 0 Å². The molecule has 2 aromatic carbocycles. The van der Waals surface area contributed by atoms with E-state index in [-0.39, 0.29) is 27.6 Å². The summed E-state index contributed by atoms with van der Waals surface area (Å²) < 4.78 is 4.84. The summed E-state index contributed by atoms with van der Waals surface area (Å²) in [5.74, 6) is -1.22. The molecule has 0 aliphatic rings. The van der Waals surface area contributed by atoms with E-state index in [0.717, 1.165) is 11.8 Å². The Bertz CT molecular complexity index is 867. The van der Waals surface area contributed by atoms with E-state index in [1.165, 1.54) is 19.2 Å². The maximum absolute atomic E-state index is 12.1. The molecule has 0 saturated heterocycles. The van der Waals surface area contributed by atoms with Gasteiger partial charge in [-0.2, -0.15) is 5.10 Å². The summed E-state index contributed by atoms with van der Waals surface area (Å²) in [6.45, 7) is 1.84. The van der Waals surface area contributed by atoms with E-state index in [1.54, 1.807) is 18.2 Å². The first-order valence-corrected chi connectivity index (χ1v) is 7.37. The van der Waals surface area contributed by atoms with Crippen LogP contribution in [0.1, 0.15) is 21.5 Å². The molecular weight excluding hydrogens is 350 g/mol. The number of phenols is 1. The number of nitrogens with one attached hydrogen (secondary N) is 1. The van der Waals surface area contributed by atoms with Gasteiger partial charge in [-0.3, -0.25) is 14.9 Å². The first kappa shape index (κ1) is 18.2. The van der Waals surface area contributed by atoms with Gasteiger partial charge >= 0.3 is 5.69 Å². The lowest BCUT2D eigenvalue weighted by Crippen LogP contribution is -2.18. The number of rotatable bonds is 5. The van der Waals surface area contributed by atoms with Crippen LogP contribution in [-0.2, 0) is 0 Å². The minimum Gasteiger partial charge on any atom is -0.504 e. The number of hydrazone groups is 1. The fourth-order valence-corrected chi connectivity index (χ4v) is 2.42. The quantitative estimate of drug-likeness (QED) is 0.481. The summed E-state index contributed by atoms with van der Waals surface area (Å²) in [6.07, 6.45) is 1.08. The number of benzene rings is 2. The Labute approximate surface area is 147 Å². The van der Waals surface area contributed by atoms with Gasteiger partial charge in [0.05, 0.1) is 34.4 Å². The van der Waals surface area contributed by atoms with Crippen molar-refractivity contribution in [3.05, 3.63) is 62.2 Å². The Hall–Kier alpha value is -3.13. The van der Waals surface area contributed by atoms with Crippen molar-refractivity contribution in [2.45, 2.75) is 6.92 Å². The predicted molar refractivity (Wildman–Crippen MR) is 92.6 cm³/mol. The van der Waals surface area contributed by atoms with Crippen molar-refractivity contribution in [3.8, 4) is 11.5 Å². The van der Waals surface area contributed by atoms with Crippen molar-refractivity contribution in [1.82, 2.24) is 5.43 Å². The van der Waals surface area contributed by atoms with Gasteiger partial charge < -0.3 is 9.84 Å². The highest BCUT2D eigenvalue weighted by Gasteiger charge is 2.23. The first-order chi connectivity index (χ1) is 11.8. The molecule has 0 aromatic heterocycles. The molecule has 0 radical (unpaired) electrons. The highest BCUT2D eigenvalue weighted by Crippen LogP contribution is 2.37. The van der Waals surface area contributed by atoms with Crippen molar-refractivity contribution < 1.29 is 19.6 Å². The normalized spacial score (nSPS) is 10.7. The maximum Gasteiger partial charge on any atom is 0.323 e. The molecule has 0 spiro atoms. The van der Waals surface area contributed by atoms with Crippen LogP contribution in [0, 0.1) is 17.0 Å². The van der Waals surface area contributed by atoms with E-state index in [0.29, 0.717) is 0 Å². The molecule has 0 bridgehead atoms. The van der Waals surface area contributed by atoms with Crippen LogP contribution >= 0.6 is 11.6 Å². The number of aryl methyl sites for hydroxylation is 1. The van der Waals surface area contributed by atoms with Crippen LogP contribution in [0.15, 0.2) is 35.4 Å². The zero-order valence-electron chi connectivity index (χ0n) is 13.3. The number of carbonyl (C=O) groups excluding carboxylic acids is 1. The first-order valence-electron chi connectivity index (χ1n) is 6.99. The Kier molecular flexibility index (Phi) is 5.56. The molecular formula is C16H14ClN3O5. The van der Waals surface area contributed by atoms with Gasteiger partial charge in [-0.1, -0.05) is 17.7 Å². The Morgan fingerprint density at radius 1 is 1.40 bits per heavy atom. The number of phenolic OH excluding ortho intramolecular Hbond substituents is 1. The fourth-order valence-electron chi connectivity index (χ4n) is 2.09. The molecule has 0 atom stereocenters. The Morgan fingerprint density at radius 2 is 2.12 bits per heavy atom. The summed E-state index contributed by atoms with van der Waals surface area (Å²) in [5, 5.41) is 24.8. The van der Waals surface area contributed by atoms with Crippen LogP contribution in [0.2, 0.25) is 5.02 Å². The van der Waals surface area contributed by atoms with Gasteiger partial charge in [-0.25, -0.2) is 5.43 Å². The van der Waals surface area contributed by atoms with E-state index >= 15 is 0 Å². The van der Waals surface area contributed by atoms with Crippen molar-refractivity contribution in [1.29, 1.82) is 0 Å². The number of nitro groups is 1. The van der Waals surface area contributed by atoms with Gasteiger partial charge in [0.15, 0.2) is 5.75 Å². The summed E-state index contributed by atoms with van der Waals surface area (Å²) in [5.41, 5.74) is 2.96. The minimum atomic E-state index is -0.710. The standard InChI is InChI=1S/C16H14ClN3O5/c1-9-3-5-11(12(17)7-9)16(22)19-18-8-10-4-6-13(21)15(25-2)14(10)20(23)24/h3-8,21H,1-2H3,(H,19,22)/b18-8-. The molecule has 8 nitrogen and oxygen atoms in total. The molecule has 1 amide bonds. The van der Waals surface area contributed by atoms with E-state index in [2.05, 4.69) is 10.5 Å². The second-order valence-corrected chi connectivity index (χ2v) is 5.40. The van der Waals surface area contributed by atoms with Crippen molar-refractivity contribution in [2.24, 2.45) is 5.10 Å². The third kappa shape index (κ3) is 4.04. The van der Waals surface area contributed by atoms with Crippen molar-refractivity contribution >= 4 is 29.4 Å².